The predicted molar refractivity (Wildman–Crippen MR) is 67.3 cm³/mol. The van der Waals surface area contributed by atoms with E-state index in [1.165, 1.54) is 32.4 Å². The van der Waals surface area contributed by atoms with Crippen LogP contribution in [0.15, 0.2) is 0 Å². The lowest BCUT2D eigenvalue weighted by atomic mass is 9.91. The lowest BCUT2D eigenvalue weighted by molar-refractivity contribution is 0.178. The summed E-state index contributed by atoms with van der Waals surface area (Å²) in [7, 11) is 5.49. The summed E-state index contributed by atoms with van der Waals surface area (Å²) < 4.78 is 0. The van der Waals surface area contributed by atoms with Crippen LogP contribution in [-0.4, -0.2) is 37.9 Å². The average molecular weight is 208 g/mol. The number of rotatable bonds is 6. The van der Waals surface area contributed by atoms with Crippen molar-refractivity contribution in [3.8, 4) is 0 Å². The summed E-state index contributed by atoms with van der Waals surface area (Å²) in [6.45, 7) is 5.71. The van der Waals surface area contributed by atoms with Crippen molar-refractivity contribution in [1.29, 1.82) is 0 Å². The van der Waals surface area contributed by atoms with Crippen LogP contribution in [0.3, 0.4) is 0 Å². The van der Waals surface area contributed by atoms with E-state index in [0.717, 1.165) is 32.1 Å². The van der Waals surface area contributed by atoms with E-state index in [9.17, 15) is 0 Å². The van der Waals surface area contributed by atoms with Crippen molar-refractivity contribution in [3.63, 3.8) is 0 Å². The molecule has 0 aliphatic carbocycles. The highest BCUT2D eigenvalue weighted by Gasteiger charge is 2.22. The Bertz CT molecular complexity index is 165. The van der Waals surface area contributed by atoms with Crippen LogP contribution in [0.1, 0.15) is 45.4 Å². The molecule has 0 saturated carbocycles. The Morgan fingerprint density at radius 1 is 1.20 bits per heavy atom. The van der Waals surface area contributed by atoms with Gasteiger partial charge in [-0.05, 0) is 39.3 Å². The molecule has 0 aromatic heterocycles. The second kappa shape index (κ2) is 6.54. The largest absolute Gasteiger partial charge is 0.324 e. The van der Waals surface area contributed by atoms with Crippen molar-refractivity contribution in [2.45, 2.75) is 57.3 Å². The van der Waals surface area contributed by atoms with E-state index in [2.05, 4.69) is 11.8 Å². The van der Waals surface area contributed by atoms with Gasteiger partial charge in [0.1, 0.15) is 0 Å². The Morgan fingerprint density at radius 3 is 2.47 bits per heavy atom. The van der Waals surface area contributed by atoms with Gasteiger partial charge in [0, 0.05) is 12.1 Å². The van der Waals surface area contributed by atoms with Gasteiger partial charge in [-0.3, -0.25) is 0 Å². The van der Waals surface area contributed by atoms with Crippen molar-refractivity contribution in [2.75, 3.05) is 19.6 Å². The highest BCUT2D eigenvalue weighted by atomic mass is 15.1. The average Bonchev–Trinajstić information content (AvgIpc) is 2.18. The summed E-state index contributed by atoms with van der Waals surface area (Å²) in [4.78, 5) is 2.52. The molecule has 1 unspecified atom stereocenters. The fourth-order valence-corrected chi connectivity index (χ4v) is 2.38. The zero-order chi connectivity index (χ0) is 11.1. The van der Waals surface area contributed by atoms with Gasteiger partial charge in [-0.15, -0.1) is 0 Å². The molecule has 1 heterocycles. The van der Waals surface area contributed by atoms with Crippen LogP contribution in [0.5, 0.6) is 0 Å². The molecule has 15 heavy (non-hydrogen) atoms. The van der Waals surface area contributed by atoms with Crippen molar-refractivity contribution >= 4 is 7.85 Å². The number of piperidine rings is 1. The zero-order valence-electron chi connectivity index (χ0n) is 10.2. The first-order valence-electron chi connectivity index (χ1n) is 6.35. The van der Waals surface area contributed by atoms with E-state index in [-0.39, 0.29) is 5.54 Å². The van der Waals surface area contributed by atoms with Gasteiger partial charge < -0.3 is 10.6 Å². The van der Waals surface area contributed by atoms with E-state index in [1.807, 2.05) is 0 Å². The lowest BCUT2D eigenvalue weighted by Crippen LogP contribution is -2.49. The van der Waals surface area contributed by atoms with E-state index in [4.69, 9.17) is 13.6 Å². The molecule has 1 fully saturated rings. The van der Waals surface area contributed by atoms with E-state index < -0.39 is 0 Å². The van der Waals surface area contributed by atoms with E-state index in [0.29, 0.717) is 0 Å². The normalized spacial score (nSPS) is 22.5. The minimum Gasteiger partial charge on any atom is -0.324 e. The third kappa shape index (κ3) is 5.57. The molecular weight excluding hydrogens is 183 g/mol. The Kier molecular flexibility index (Phi) is 5.69. The molecule has 1 rings (SSSR count). The summed E-state index contributed by atoms with van der Waals surface area (Å²) >= 11 is 0. The van der Waals surface area contributed by atoms with Gasteiger partial charge in [-0.2, -0.15) is 0 Å². The standard InChI is InChI=1S/C12H25BN2/c1-12(14,7-3-4-8-13)11-15-9-5-2-6-10-15/h2-11,14H2,1H3. The highest BCUT2D eigenvalue weighted by Crippen LogP contribution is 2.16. The third-order valence-electron chi connectivity index (χ3n) is 3.24. The van der Waals surface area contributed by atoms with Crippen molar-refractivity contribution in [3.05, 3.63) is 0 Å². The highest BCUT2D eigenvalue weighted by molar-refractivity contribution is 6.08. The topological polar surface area (TPSA) is 29.3 Å². The third-order valence-corrected chi connectivity index (χ3v) is 3.24. The molecule has 0 amide bonds. The van der Waals surface area contributed by atoms with Crippen molar-refractivity contribution in [1.82, 2.24) is 4.90 Å². The molecular formula is C12H25BN2. The number of nitrogens with zero attached hydrogens (tertiary/aromatic N) is 1. The minimum atomic E-state index is -0.0213. The van der Waals surface area contributed by atoms with Gasteiger partial charge >= 0.3 is 0 Å². The summed E-state index contributed by atoms with van der Waals surface area (Å²) in [5, 5.41) is 0. The lowest BCUT2D eigenvalue weighted by Gasteiger charge is -2.34. The van der Waals surface area contributed by atoms with Crippen LogP contribution in [0, 0.1) is 0 Å². The monoisotopic (exact) mass is 208 g/mol. The van der Waals surface area contributed by atoms with Gasteiger partial charge in [0.2, 0.25) is 0 Å². The minimum absolute atomic E-state index is 0.0213. The number of likely N-dealkylation sites (tertiary alicyclic amines) is 1. The summed E-state index contributed by atoms with van der Waals surface area (Å²) in [6, 6.07) is 0. The first-order valence-corrected chi connectivity index (χ1v) is 6.35. The maximum atomic E-state index is 6.31. The van der Waals surface area contributed by atoms with Gasteiger partial charge in [-0.25, -0.2) is 0 Å². The van der Waals surface area contributed by atoms with Crippen LogP contribution >= 0.6 is 0 Å². The smallest absolute Gasteiger partial charge is 0.0653 e. The van der Waals surface area contributed by atoms with Crippen LogP contribution in [0.2, 0.25) is 6.32 Å². The summed E-state index contributed by atoms with van der Waals surface area (Å²) in [6.07, 6.45) is 8.24. The van der Waals surface area contributed by atoms with Crippen LogP contribution < -0.4 is 5.73 Å². The van der Waals surface area contributed by atoms with Crippen molar-refractivity contribution < 1.29 is 0 Å². The number of nitrogens with two attached hydrogens (primary N) is 1. The molecule has 1 atom stereocenters. The Hall–Kier alpha value is -0.0151. The molecule has 2 radical (unpaired) electrons. The first-order chi connectivity index (χ1) is 7.14. The van der Waals surface area contributed by atoms with E-state index in [1.54, 1.807) is 0 Å². The molecule has 3 heteroatoms. The van der Waals surface area contributed by atoms with Gasteiger partial charge in [0.15, 0.2) is 0 Å². The maximum absolute atomic E-state index is 6.31. The number of hydrogen-bond acceptors (Lipinski definition) is 2. The molecule has 0 aromatic rings. The molecule has 86 valence electrons. The van der Waals surface area contributed by atoms with Crippen LogP contribution in [-0.2, 0) is 0 Å². The van der Waals surface area contributed by atoms with Gasteiger partial charge in [0.05, 0.1) is 7.85 Å². The summed E-state index contributed by atoms with van der Waals surface area (Å²) in [5.41, 5.74) is 6.28. The summed E-state index contributed by atoms with van der Waals surface area (Å²) in [5.74, 6) is 0. The van der Waals surface area contributed by atoms with Crippen LogP contribution in [0.25, 0.3) is 0 Å². The molecule has 1 saturated heterocycles. The Labute approximate surface area is 96.0 Å². The molecule has 1 aliphatic rings. The number of unbranched alkanes of at least 4 members (excludes halogenated alkanes) is 1. The molecule has 0 bridgehead atoms. The molecule has 0 aromatic carbocycles. The van der Waals surface area contributed by atoms with E-state index >= 15 is 0 Å². The van der Waals surface area contributed by atoms with Gasteiger partial charge in [0.25, 0.3) is 0 Å². The van der Waals surface area contributed by atoms with Crippen LogP contribution in [0.4, 0.5) is 0 Å². The fraction of sp³-hybridized carbons (Fsp3) is 1.00. The van der Waals surface area contributed by atoms with Gasteiger partial charge in [-0.1, -0.05) is 25.6 Å². The molecule has 2 nitrogen and oxygen atoms in total. The molecule has 0 spiro atoms. The fourth-order valence-electron chi connectivity index (χ4n) is 2.38. The number of hydrogen-bond donors (Lipinski definition) is 1. The Morgan fingerprint density at radius 2 is 1.87 bits per heavy atom. The second-order valence-corrected chi connectivity index (χ2v) is 5.24. The zero-order valence-corrected chi connectivity index (χ0v) is 10.2. The maximum Gasteiger partial charge on any atom is 0.0653 e. The molecule has 1 aliphatic heterocycles. The first kappa shape index (κ1) is 13.1. The molecule has 2 N–H and O–H groups in total. The second-order valence-electron chi connectivity index (χ2n) is 5.24. The quantitative estimate of drug-likeness (QED) is 0.534. The SMILES string of the molecule is [B]CCCCC(C)(N)CN1CCCCC1. The predicted octanol–water partition coefficient (Wildman–Crippen LogP) is 1.95. The Balaban J connectivity index is 2.20. The van der Waals surface area contributed by atoms with Crippen molar-refractivity contribution in [2.24, 2.45) is 5.73 Å².